The first-order chi connectivity index (χ1) is 8.72. The highest BCUT2D eigenvalue weighted by Gasteiger charge is 2.04. The van der Waals surface area contributed by atoms with Gasteiger partial charge in [-0.05, 0) is 29.8 Å². The molecule has 0 fully saturated rings. The molecule has 90 valence electrons. The molecule has 0 aliphatic heterocycles. The van der Waals surface area contributed by atoms with Crippen LogP contribution >= 0.6 is 15.9 Å². The Morgan fingerprint density at radius 1 is 1.11 bits per heavy atom. The van der Waals surface area contributed by atoms with Gasteiger partial charge in [-0.3, -0.25) is 4.68 Å². The standard InChI is InChI=1S/C14H10BrFN2/c15-13-2-1-3-14-12(13)9-18(17-14)8-10-4-6-11(16)7-5-10/h1-7,9H,8H2. The van der Waals surface area contributed by atoms with Crippen LogP contribution in [0.4, 0.5) is 4.39 Å². The predicted molar refractivity (Wildman–Crippen MR) is 72.9 cm³/mol. The summed E-state index contributed by atoms with van der Waals surface area (Å²) in [4.78, 5) is 0. The molecule has 0 aliphatic carbocycles. The summed E-state index contributed by atoms with van der Waals surface area (Å²) < 4.78 is 15.7. The summed E-state index contributed by atoms with van der Waals surface area (Å²) in [5.41, 5.74) is 1.98. The van der Waals surface area contributed by atoms with E-state index in [1.54, 1.807) is 12.1 Å². The molecule has 0 spiro atoms. The first kappa shape index (κ1) is 11.4. The number of nitrogens with zero attached hydrogens (tertiary/aromatic N) is 2. The minimum atomic E-state index is -0.216. The average molecular weight is 305 g/mol. The number of rotatable bonds is 2. The minimum Gasteiger partial charge on any atom is -0.267 e. The van der Waals surface area contributed by atoms with Crippen LogP contribution in [0.3, 0.4) is 0 Å². The lowest BCUT2D eigenvalue weighted by molar-refractivity contribution is 0.624. The molecule has 0 saturated heterocycles. The lowest BCUT2D eigenvalue weighted by Crippen LogP contribution is -1.99. The van der Waals surface area contributed by atoms with Gasteiger partial charge in [-0.25, -0.2) is 4.39 Å². The van der Waals surface area contributed by atoms with Crippen LogP contribution in [0.1, 0.15) is 5.56 Å². The molecule has 0 N–H and O–H groups in total. The Hall–Kier alpha value is -1.68. The molecule has 0 amide bonds. The number of halogens is 2. The second-order valence-corrected chi connectivity index (χ2v) is 4.98. The zero-order chi connectivity index (χ0) is 12.5. The van der Waals surface area contributed by atoms with Gasteiger partial charge in [-0.2, -0.15) is 5.10 Å². The quantitative estimate of drug-likeness (QED) is 0.700. The van der Waals surface area contributed by atoms with Gasteiger partial charge in [-0.1, -0.05) is 34.1 Å². The fraction of sp³-hybridized carbons (Fsp3) is 0.0714. The molecule has 3 rings (SSSR count). The van der Waals surface area contributed by atoms with Gasteiger partial charge >= 0.3 is 0 Å². The maximum Gasteiger partial charge on any atom is 0.123 e. The van der Waals surface area contributed by atoms with E-state index < -0.39 is 0 Å². The van der Waals surface area contributed by atoms with E-state index in [0.717, 1.165) is 20.9 Å². The van der Waals surface area contributed by atoms with Crippen molar-refractivity contribution in [3.8, 4) is 0 Å². The van der Waals surface area contributed by atoms with Crippen molar-refractivity contribution in [2.75, 3.05) is 0 Å². The molecule has 18 heavy (non-hydrogen) atoms. The van der Waals surface area contributed by atoms with Gasteiger partial charge in [-0.15, -0.1) is 0 Å². The molecule has 4 heteroatoms. The molecule has 0 saturated carbocycles. The van der Waals surface area contributed by atoms with Crippen molar-refractivity contribution in [2.45, 2.75) is 6.54 Å². The first-order valence-electron chi connectivity index (χ1n) is 5.58. The third-order valence-electron chi connectivity index (χ3n) is 2.80. The Bertz CT molecular complexity index is 689. The monoisotopic (exact) mass is 304 g/mol. The smallest absolute Gasteiger partial charge is 0.123 e. The van der Waals surface area contributed by atoms with Gasteiger partial charge in [0.15, 0.2) is 0 Å². The summed E-state index contributed by atoms with van der Waals surface area (Å²) in [7, 11) is 0. The number of fused-ring (bicyclic) bond motifs is 1. The third kappa shape index (κ3) is 2.16. The van der Waals surface area contributed by atoms with E-state index in [4.69, 9.17) is 0 Å². The van der Waals surface area contributed by atoms with E-state index in [2.05, 4.69) is 21.0 Å². The van der Waals surface area contributed by atoms with Crippen molar-refractivity contribution >= 4 is 26.8 Å². The summed E-state index contributed by atoms with van der Waals surface area (Å²) >= 11 is 3.50. The summed E-state index contributed by atoms with van der Waals surface area (Å²) in [6.45, 7) is 0.640. The third-order valence-corrected chi connectivity index (χ3v) is 3.49. The van der Waals surface area contributed by atoms with Crippen LogP contribution in [0.5, 0.6) is 0 Å². The van der Waals surface area contributed by atoms with E-state index in [-0.39, 0.29) is 5.82 Å². The van der Waals surface area contributed by atoms with Crippen molar-refractivity contribution < 1.29 is 4.39 Å². The molecular formula is C14H10BrFN2. The fourth-order valence-corrected chi connectivity index (χ4v) is 2.37. The normalized spacial score (nSPS) is 11.0. The summed E-state index contributed by atoms with van der Waals surface area (Å²) in [6.07, 6.45) is 1.99. The molecular weight excluding hydrogens is 295 g/mol. The highest BCUT2D eigenvalue weighted by molar-refractivity contribution is 9.10. The summed E-state index contributed by atoms with van der Waals surface area (Å²) in [6, 6.07) is 12.4. The largest absolute Gasteiger partial charge is 0.267 e. The van der Waals surface area contributed by atoms with Crippen LogP contribution in [-0.2, 0) is 6.54 Å². The van der Waals surface area contributed by atoms with Gasteiger partial charge in [0.2, 0.25) is 0 Å². The molecule has 0 radical (unpaired) electrons. The first-order valence-corrected chi connectivity index (χ1v) is 6.38. The Morgan fingerprint density at radius 3 is 2.61 bits per heavy atom. The molecule has 0 unspecified atom stereocenters. The number of hydrogen-bond acceptors (Lipinski definition) is 1. The van der Waals surface area contributed by atoms with Crippen LogP contribution in [0.2, 0.25) is 0 Å². The second-order valence-electron chi connectivity index (χ2n) is 4.13. The number of benzene rings is 2. The van der Waals surface area contributed by atoms with Gasteiger partial charge in [0.25, 0.3) is 0 Å². The maximum absolute atomic E-state index is 12.8. The van der Waals surface area contributed by atoms with E-state index in [1.165, 1.54) is 12.1 Å². The zero-order valence-corrected chi connectivity index (χ0v) is 11.1. The lowest BCUT2D eigenvalue weighted by atomic mass is 10.2. The van der Waals surface area contributed by atoms with Crippen molar-refractivity contribution in [1.29, 1.82) is 0 Å². The van der Waals surface area contributed by atoms with Crippen LogP contribution in [-0.4, -0.2) is 9.78 Å². The minimum absolute atomic E-state index is 0.216. The summed E-state index contributed by atoms with van der Waals surface area (Å²) in [5.74, 6) is -0.216. The predicted octanol–water partition coefficient (Wildman–Crippen LogP) is 3.99. The van der Waals surface area contributed by atoms with Crippen molar-refractivity contribution in [3.63, 3.8) is 0 Å². The van der Waals surface area contributed by atoms with E-state index in [9.17, 15) is 4.39 Å². The van der Waals surface area contributed by atoms with Crippen LogP contribution in [0.25, 0.3) is 10.9 Å². The van der Waals surface area contributed by atoms with Crippen LogP contribution < -0.4 is 0 Å². The van der Waals surface area contributed by atoms with Gasteiger partial charge in [0, 0.05) is 16.1 Å². The van der Waals surface area contributed by atoms with Crippen molar-refractivity contribution in [3.05, 3.63) is 64.5 Å². The van der Waals surface area contributed by atoms with Crippen molar-refractivity contribution in [2.24, 2.45) is 0 Å². The molecule has 2 nitrogen and oxygen atoms in total. The molecule has 2 aromatic carbocycles. The SMILES string of the molecule is Fc1ccc(Cn2cc3c(Br)cccc3n2)cc1. The van der Waals surface area contributed by atoms with Gasteiger partial charge in [0.1, 0.15) is 5.82 Å². The maximum atomic E-state index is 12.8. The lowest BCUT2D eigenvalue weighted by Gasteiger charge is -2.00. The van der Waals surface area contributed by atoms with Gasteiger partial charge in [0.05, 0.1) is 12.1 Å². The van der Waals surface area contributed by atoms with E-state index in [0.29, 0.717) is 6.54 Å². The molecule has 1 heterocycles. The highest BCUT2D eigenvalue weighted by Crippen LogP contribution is 2.22. The Kier molecular flexibility index (Phi) is 2.88. The number of hydrogen-bond donors (Lipinski definition) is 0. The molecule has 0 aliphatic rings. The zero-order valence-electron chi connectivity index (χ0n) is 9.48. The average Bonchev–Trinajstić information content (AvgIpc) is 2.76. The van der Waals surface area contributed by atoms with E-state index >= 15 is 0 Å². The molecule has 0 bridgehead atoms. The molecule has 1 aromatic heterocycles. The van der Waals surface area contributed by atoms with E-state index in [1.807, 2.05) is 29.1 Å². The Labute approximate surface area is 112 Å². The Morgan fingerprint density at radius 2 is 1.89 bits per heavy atom. The summed E-state index contributed by atoms with van der Waals surface area (Å²) in [5, 5.41) is 5.57. The van der Waals surface area contributed by atoms with Crippen LogP contribution in [0.15, 0.2) is 53.1 Å². The van der Waals surface area contributed by atoms with Crippen molar-refractivity contribution in [1.82, 2.24) is 9.78 Å². The van der Waals surface area contributed by atoms with Gasteiger partial charge < -0.3 is 0 Å². The Balaban J connectivity index is 1.95. The van der Waals surface area contributed by atoms with Crippen LogP contribution in [0, 0.1) is 5.82 Å². The fourth-order valence-electron chi connectivity index (χ4n) is 1.91. The highest BCUT2D eigenvalue weighted by atomic mass is 79.9. The number of aromatic nitrogens is 2. The topological polar surface area (TPSA) is 17.8 Å². The molecule has 3 aromatic rings. The second kappa shape index (κ2) is 4.53. The molecule has 0 atom stereocenters.